The molecule has 0 amide bonds. The number of cyclic esters (lactones) is 1. The van der Waals surface area contributed by atoms with Crippen molar-refractivity contribution in [2.75, 3.05) is 0 Å². The maximum Gasteiger partial charge on any atom is 0.316 e. The van der Waals surface area contributed by atoms with E-state index < -0.39 is 18.0 Å². The average Bonchev–Trinajstić information content (AvgIpc) is 2.65. The standard InChI is InChI=1S/C24H34O6/c1-13-9-17-6-5-14(2)20(8-7-19-11-18(26)12-22(27)29-19)23(17)21(10-13)30-24(28)15(3)16(4)25/h5-6,9,13-15,18-21,23,26H,7-8,10-12H2,1-4H3/t13-,14-,15-,18+,19+,20?,21-,23-/m0/s1. The van der Waals surface area contributed by atoms with Crippen LogP contribution in [0.1, 0.15) is 59.8 Å². The highest BCUT2D eigenvalue weighted by atomic mass is 16.6. The third kappa shape index (κ3) is 5.20. The molecule has 1 heterocycles. The summed E-state index contributed by atoms with van der Waals surface area (Å²) in [5, 5.41) is 9.89. The molecule has 0 aromatic heterocycles. The van der Waals surface area contributed by atoms with E-state index in [1.54, 1.807) is 6.92 Å². The molecule has 1 N–H and O–H groups in total. The van der Waals surface area contributed by atoms with Gasteiger partial charge in [0.25, 0.3) is 0 Å². The number of carbonyl (C=O) groups is 3. The van der Waals surface area contributed by atoms with Crippen LogP contribution in [0, 0.1) is 29.6 Å². The van der Waals surface area contributed by atoms with Gasteiger partial charge in [0.2, 0.25) is 0 Å². The maximum atomic E-state index is 12.5. The first-order valence-corrected chi connectivity index (χ1v) is 11.1. The van der Waals surface area contributed by atoms with Gasteiger partial charge in [0, 0.05) is 12.3 Å². The normalized spacial score (nSPS) is 36.9. The van der Waals surface area contributed by atoms with Crippen molar-refractivity contribution in [3.05, 3.63) is 23.8 Å². The Morgan fingerprint density at radius 1 is 1.27 bits per heavy atom. The first-order chi connectivity index (χ1) is 14.2. The second-order valence-electron chi connectivity index (χ2n) is 9.38. The molecule has 30 heavy (non-hydrogen) atoms. The van der Waals surface area contributed by atoms with Crippen molar-refractivity contribution in [1.82, 2.24) is 0 Å². The zero-order valence-corrected chi connectivity index (χ0v) is 18.4. The van der Waals surface area contributed by atoms with Crippen molar-refractivity contribution < 1.29 is 29.0 Å². The third-order valence-electron chi connectivity index (χ3n) is 6.88. The Bertz CT molecular complexity index is 738. The number of aliphatic hydroxyl groups is 1. The molecule has 0 aromatic carbocycles. The number of fused-ring (bicyclic) bond motifs is 1. The van der Waals surface area contributed by atoms with E-state index in [1.807, 2.05) is 0 Å². The summed E-state index contributed by atoms with van der Waals surface area (Å²) in [4.78, 5) is 35.8. The van der Waals surface area contributed by atoms with Crippen molar-refractivity contribution in [1.29, 1.82) is 0 Å². The molecule has 0 aromatic rings. The smallest absolute Gasteiger partial charge is 0.316 e. The quantitative estimate of drug-likeness (QED) is 0.525. The second-order valence-corrected chi connectivity index (χ2v) is 9.38. The number of ketones is 1. The van der Waals surface area contributed by atoms with E-state index in [2.05, 4.69) is 32.1 Å². The number of hydrogen-bond acceptors (Lipinski definition) is 6. The molecular weight excluding hydrogens is 384 g/mol. The summed E-state index contributed by atoms with van der Waals surface area (Å²) in [5.41, 5.74) is 1.19. The molecule has 1 unspecified atom stereocenters. The molecule has 1 saturated heterocycles. The van der Waals surface area contributed by atoms with Crippen LogP contribution in [0.5, 0.6) is 0 Å². The topological polar surface area (TPSA) is 89.9 Å². The number of ether oxygens (including phenoxy) is 2. The first kappa shape index (κ1) is 22.7. The largest absolute Gasteiger partial charge is 0.462 e. The summed E-state index contributed by atoms with van der Waals surface area (Å²) in [6, 6.07) is 0. The Kier molecular flexibility index (Phi) is 7.17. The highest BCUT2D eigenvalue weighted by Crippen LogP contribution is 2.45. The number of rotatable bonds is 6. The van der Waals surface area contributed by atoms with Gasteiger partial charge in [-0.05, 0) is 56.4 Å². The SMILES string of the molecule is CC(=O)[C@H](C)C(=O)O[C@H]1C[C@@H](C)C=C2C=C[C@H](C)C(CC[C@@H]3C[C@@H](O)CC(=O)O3)[C@H]21. The maximum absolute atomic E-state index is 12.5. The molecule has 8 atom stereocenters. The van der Waals surface area contributed by atoms with E-state index in [1.165, 1.54) is 12.5 Å². The highest BCUT2D eigenvalue weighted by Gasteiger charge is 2.42. The van der Waals surface area contributed by atoms with Crippen LogP contribution in [0.25, 0.3) is 0 Å². The van der Waals surface area contributed by atoms with Gasteiger partial charge in [-0.25, -0.2) is 0 Å². The summed E-state index contributed by atoms with van der Waals surface area (Å²) in [5.74, 6) is -0.867. The van der Waals surface area contributed by atoms with Crippen LogP contribution in [0.4, 0.5) is 0 Å². The predicted octanol–water partition coefficient (Wildman–Crippen LogP) is 3.37. The number of allylic oxidation sites excluding steroid dienone is 3. The number of Topliss-reactive ketones (excluding diaryl/α,β-unsaturated/α-hetero) is 1. The van der Waals surface area contributed by atoms with Crippen molar-refractivity contribution >= 4 is 17.7 Å². The minimum atomic E-state index is -0.757. The molecule has 0 radical (unpaired) electrons. The van der Waals surface area contributed by atoms with Crippen LogP contribution in [0.3, 0.4) is 0 Å². The van der Waals surface area contributed by atoms with Crippen LogP contribution in [0.2, 0.25) is 0 Å². The Hall–Kier alpha value is -1.95. The summed E-state index contributed by atoms with van der Waals surface area (Å²) >= 11 is 0. The number of esters is 2. The Morgan fingerprint density at radius 3 is 2.67 bits per heavy atom. The Balaban J connectivity index is 1.75. The van der Waals surface area contributed by atoms with E-state index in [-0.39, 0.29) is 54.1 Å². The van der Waals surface area contributed by atoms with Gasteiger partial charge >= 0.3 is 11.9 Å². The summed E-state index contributed by atoms with van der Waals surface area (Å²) in [6.07, 6.45) is 8.18. The minimum Gasteiger partial charge on any atom is -0.462 e. The van der Waals surface area contributed by atoms with Crippen LogP contribution in [0.15, 0.2) is 23.8 Å². The molecule has 1 fully saturated rings. The zero-order valence-electron chi connectivity index (χ0n) is 18.4. The van der Waals surface area contributed by atoms with Gasteiger partial charge < -0.3 is 14.6 Å². The lowest BCUT2D eigenvalue weighted by atomic mass is 9.65. The zero-order chi connectivity index (χ0) is 22.0. The van der Waals surface area contributed by atoms with Crippen LogP contribution >= 0.6 is 0 Å². The van der Waals surface area contributed by atoms with E-state index in [0.29, 0.717) is 12.8 Å². The first-order valence-electron chi connectivity index (χ1n) is 11.1. The van der Waals surface area contributed by atoms with Gasteiger partial charge in [-0.2, -0.15) is 0 Å². The fourth-order valence-corrected chi connectivity index (χ4v) is 5.06. The summed E-state index contributed by atoms with van der Waals surface area (Å²) < 4.78 is 11.3. The molecular formula is C24H34O6. The number of hydrogen-bond donors (Lipinski definition) is 1. The Morgan fingerprint density at radius 2 is 2.00 bits per heavy atom. The van der Waals surface area contributed by atoms with Crippen LogP contribution in [-0.2, 0) is 23.9 Å². The monoisotopic (exact) mass is 418 g/mol. The second kappa shape index (κ2) is 9.46. The molecule has 2 aliphatic carbocycles. The number of aliphatic hydroxyl groups excluding tert-OH is 1. The molecule has 0 saturated carbocycles. The third-order valence-corrected chi connectivity index (χ3v) is 6.88. The summed E-state index contributed by atoms with van der Waals surface area (Å²) in [7, 11) is 0. The fraction of sp³-hybridized carbons (Fsp3) is 0.708. The lowest BCUT2D eigenvalue weighted by Gasteiger charge is -2.43. The van der Waals surface area contributed by atoms with Crippen LogP contribution < -0.4 is 0 Å². The van der Waals surface area contributed by atoms with Gasteiger partial charge in [0.05, 0.1) is 12.5 Å². The average molecular weight is 419 g/mol. The minimum absolute atomic E-state index is 0.0634. The van der Waals surface area contributed by atoms with E-state index >= 15 is 0 Å². The molecule has 6 heteroatoms. The number of carbonyl (C=O) groups excluding carboxylic acids is 3. The molecule has 3 rings (SSSR count). The van der Waals surface area contributed by atoms with Crippen molar-refractivity contribution in [3.8, 4) is 0 Å². The van der Waals surface area contributed by atoms with Gasteiger partial charge in [0.1, 0.15) is 23.9 Å². The predicted molar refractivity (Wildman–Crippen MR) is 111 cm³/mol. The highest BCUT2D eigenvalue weighted by molar-refractivity contribution is 5.97. The summed E-state index contributed by atoms with van der Waals surface area (Å²) in [6.45, 7) is 7.28. The van der Waals surface area contributed by atoms with E-state index in [0.717, 1.165) is 12.8 Å². The van der Waals surface area contributed by atoms with Crippen molar-refractivity contribution in [2.24, 2.45) is 29.6 Å². The molecule has 166 valence electrons. The van der Waals surface area contributed by atoms with Crippen LogP contribution in [-0.4, -0.2) is 41.1 Å². The van der Waals surface area contributed by atoms with Crippen molar-refractivity contribution in [3.63, 3.8) is 0 Å². The molecule has 0 bridgehead atoms. The van der Waals surface area contributed by atoms with Gasteiger partial charge in [0.15, 0.2) is 0 Å². The van der Waals surface area contributed by atoms with Gasteiger partial charge in [-0.3, -0.25) is 14.4 Å². The lowest BCUT2D eigenvalue weighted by molar-refractivity contribution is -0.163. The molecule has 3 aliphatic rings. The lowest BCUT2D eigenvalue weighted by Crippen LogP contribution is -2.42. The molecule has 0 spiro atoms. The van der Waals surface area contributed by atoms with Gasteiger partial charge in [-0.15, -0.1) is 0 Å². The van der Waals surface area contributed by atoms with E-state index in [4.69, 9.17) is 9.47 Å². The molecule has 6 nitrogen and oxygen atoms in total. The fourth-order valence-electron chi connectivity index (χ4n) is 5.06. The van der Waals surface area contributed by atoms with Gasteiger partial charge in [-0.1, -0.05) is 32.1 Å². The van der Waals surface area contributed by atoms with Crippen molar-refractivity contribution in [2.45, 2.75) is 78.1 Å². The molecule has 1 aliphatic heterocycles. The Labute approximate surface area is 178 Å². The van der Waals surface area contributed by atoms with E-state index in [9.17, 15) is 19.5 Å².